The molecule has 2 atom stereocenters. The second kappa shape index (κ2) is 20.4. The molecule has 0 saturated heterocycles. The molecular weight excluding hydrogens is 694 g/mol. The van der Waals surface area contributed by atoms with Crippen molar-refractivity contribution >= 4 is 27.9 Å². The molecule has 49 heavy (non-hydrogen) atoms. The second-order valence-electron chi connectivity index (χ2n) is 12.6. The van der Waals surface area contributed by atoms with E-state index in [4.69, 9.17) is 28.4 Å². The van der Waals surface area contributed by atoms with Crippen LogP contribution in [0.2, 0.25) is 0 Å². The maximum absolute atomic E-state index is 12.7. The molecule has 1 aromatic heterocycles. The van der Waals surface area contributed by atoms with Gasteiger partial charge in [-0.05, 0) is 57.4 Å². The first-order valence-corrected chi connectivity index (χ1v) is 17.4. The lowest BCUT2D eigenvalue weighted by molar-refractivity contribution is -0.697. The molecule has 0 radical (unpaired) electrons. The minimum absolute atomic E-state index is 0.0983. The van der Waals surface area contributed by atoms with E-state index in [1.807, 2.05) is 89.8 Å². The van der Waals surface area contributed by atoms with Gasteiger partial charge in [0.25, 0.3) is 0 Å². The van der Waals surface area contributed by atoms with E-state index in [-0.39, 0.29) is 26.2 Å². The second-order valence-corrected chi connectivity index (χ2v) is 14.4. The summed E-state index contributed by atoms with van der Waals surface area (Å²) in [5.41, 5.74) is -0.392. The zero-order valence-electron chi connectivity index (χ0n) is 29.1. The lowest BCUT2D eigenvalue weighted by Crippen LogP contribution is -2.40. The summed E-state index contributed by atoms with van der Waals surface area (Å²) >= 11 is 3.46. The minimum Gasteiger partial charge on any atom is -0.491 e. The van der Waals surface area contributed by atoms with Crippen LogP contribution < -0.4 is 9.30 Å². The van der Waals surface area contributed by atoms with E-state index in [9.17, 15) is 14.7 Å². The van der Waals surface area contributed by atoms with E-state index in [0.717, 1.165) is 17.7 Å². The van der Waals surface area contributed by atoms with Gasteiger partial charge in [-0.15, -0.1) is 0 Å². The maximum Gasteiger partial charge on any atom is 0.322 e. The summed E-state index contributed by atoms with van der Waals surface area (Å²) in [6.07, 6.45) is 4.82. The van der Waals surface area contributed by atoms with Crippen LogP contribution in [0.25, 0.3) is 0 Å². The SMILES string of the molecule is CC(C)(CC(C)(Br)C(=O)OCCC[n+]1ccccc1)C(=O)OCCOCCOCCOCCOc1ccc(C(C)(O)c2ccccc2)cc1. The Balaban J connectivity index is 1.17. The lowest BCUT2D eigenvalue weighted by Gasteiger charge is -2.30. The van der Waals surface area contributed by atoms with Crippen molar-refractivity contribution < 1.29 is 47.7 Å². The van der Waals surface area contributed by atoms with Crippen molar-refractivity contribution in [3.05, 3.63) is 96.3 Å². The number of halogens is 1. The summed E-state index contributed by atoms with van der Waals surface area (Å²) in [6.45, 7) is 10.7. The predicted octanol–water partition coefficient (Wildman–Crippen LogP) is 5.41. The average molecular weight is 746 g/mol. The molecule has 0 spiro atoms. The Morgan fingerprint density at radius 3 is 1.78 bits per heavy atom. The van der Waals surface area contributed by atoms with Crippen LogP contribution in [0.1, 0.15) is 51.7 Å². The highest BCUT2D eigenvalue weighted by Gasteiger charge is 2.42. The Morgan fingerprint density at radius 2 is 1.16 bits per heavy atom. The predicted molar refractivity (Wildman–Crippen MR) is 188 cm³/mol. The Kier molecular flexibility index (Phi) is 16.7. The van der Waals surface area contributed by atoms with Gasteiger partial charge in [-0.3, -0.25) is 9.59 Å². The molecule has 1 heterocycles. The van der Waals surface area contributed by atoms with Crippen LogP contribution in [0, 0.1) is 5.41 Å². The highest BCUT2D eigenvalue weighted by Crippen LogP contribution is 2.36. The van der Waals surface area contributed by atoms with Gasteiger partial charge in [0.15, 0.2) is 18.9 Å². The van der Waals surface area contributed by atoms with E-state index >= 15 is 0 Å². The fourth-order valence-electron chi connectivity index (χ4n) is 5.07. The number of hydrogen-bond acceptors (Lipinski definition) is 9. The zero-order valence-corrected chi connectivity index (χ0v) is 30.7. The van der Waals surface area contributed by atoms with Gasteiger partial charge >= 0.3 is 11.9 Å². The summed E-state index contributed by atoms with van der Waals surface area (Å²) in [7, 11) is 0. The largest absolute Gasteiger partial charge is 0.491 e. The van der Waals surface area contributed by atoms with E-state index < -0.39 is 27.3 Å². The summed E-state index contributed by atoms with van der Waals surface area (Å²) in [6, 6.07) is 22.8. The van der Waals surface area contributed by atoms with Crippen molar-refractivity contribution in [2.75, 3.05) is 59.5 Å². The van der Waals surface area contributed by atoms with Crippen LogP contribution in [-0.2, 0) is 45.4 Å². The number of aromatic nitrogens is 1. The normalized spacial score (nSPS) is 14.0. The molecule has 3 rings (SSSR count). The van der Waals surface area contributed by atoms with Crippen LogP contribution in [0.4, 0.5) is 0 Å². The number of benzene rings is 2. The van der Waals surface area contributed by atoms with Crippen molar-refractivity contribution in [3.63, 3.8) is 0 Å². The number of carbonyl (C=O) groups excluding carboxylic acids is 2. The summed E-state index contributed by atoms with van der Waals surface area (Å²) in [5, 5.41) is 11.0. The molecule has 0 saturated carbocycles. The monoisotopic (exact) mass is 744 g/mol. The number of esters is 2. The molecule has 3 aromatic rings. The van der Waals surface area contributed by atoms with Crippen LogP contribution in [0.15, 0.2) is 85.2 Å². The molecule has 2 unspecified atom stereocenters. The molecule has 0 fully saturated rings. The van der Waals surface area contributed by atoms with Gasteiger partial charge in [0.2, 0.25) is 0 Å². The van der Waals surface area contributed by atoms with Crippen LogP contribution in [-0.4, -0.2) is 80.8 Å². The first-order valence-electron chi connectivity index (χ1n) is 16.6. The standard InChI is InChI=1S/C38H51BrNO9/c1-36(2,30-37(3,39)35(42)48-21-11-20-40-18-9-6-10-19-40)34(41)49-29-27-46-25-23-44-22-24-45-26-28-47-33-16-14-32(15-17-33)38(4,43)31-12-7-5-8-13-31/h5-10,12-19,43H,11,20-30H2,1-4H3/q+1. The number of aliphatic hydroxyl groups is 1. The third-order valence-corrected chi connectivity index (χ3v) is 8.38. The highest BCUT2D eigenvalue weighted by atomic mass is 79.9. The highest BCUT2D eigenvalue weighted by molar-refractivity contribution is 9.10. The number of alkyl halides is 1. The van der Waals surface area contributed by atoms with Gasteiger partial charge in [-0.1, -0.05) is 64.5 Å². The molecule has 268 valence electrons. The van der Waals surface area contributed by atoms with Crippen molar-refractivity contribution in [2.24, 2.45) is 5.41 Å². The van der Waals surface area contributed by atoms with Gasteiger partial charge in [0, 0.05) is 18.6 Å². The van der Waals surface area contributed by atoms with E-state index in [1.54, 1.807) is 27.7 Å². The number of rotatable bonds is 23. The van der Waals surface area contributed by atoms with Gasteiger partial charge in [0.1, 0.15) is 28.9 Å². The van der Waals surface area contributed by atoms with Gasteiger partial charge in [-0.25, -0.2) is 4.57 Å². The minimum atomic E-state index is -1.09. The Morgan fingerprint density at radius 1 is 0.653 bits per heavy atom. The molecule has 0 aliphatic carbocycles. The van der Waals surface area contributed by atoms with E-state index in [1.165, 1.54) is 0 Å². The van der Waals surface area contributed by atoms with Crippen molar-refractivity contribution in [1.29, 1.82) is 0 Å². The van der Waals surface area contributed by atoms with E-state index in [2.05, 4.69) is 15.9 Å². The summed E-state index contributed by atoms with van der Waals surface area (Å²) in [5.74, 6) is -0.128. The first-order chi connectivity index (χ1) is 23.4. The quantitative estimate of drug-likeness (QED) is 0.0590. The molecular formula is C38H51BrNO9+. The third-order valence-electron chi connectivity index (χ3n) is 7.78. The van der Waals surface area contributed by atoms with Crippen molar-refractivity contribution in [1.82, 2.24) is 0 Å². The molecule has 0 amide bonds. The number of ether oxygens (including phenoxy) is 6. The average Bonchev–Trinajstić information content (AvgIpc) is 3.09. The molecule has 0 aliphatic rings. The third kappa shape index (κ3) is 14.2. The molecule has 0 bridgehead atoms. The number of pyridine rings is 1. The number of aryl methyl sites for hydroxylation is 1. The van der Waals surface area contributed by atoms with Crippen molar-refractivity contribution in [3.8, 4) is 5.75 Å². The van der Waals surface area contributed by atoms with Gasteiger partial charge in [0.05, 0.1) is 51.7 Å². The molecule has 1 N–H and O–H groups in total. The topological polar surface area (TPSA) is 114 Å². The van der Waals surface area contributed by atoms with Crippen LogP contribution in [0.5, 0.6) is 5.75 Å². The molecule has 2 aromatic carbocycles. The smallest absolute Gasteiger partial charge is 0.322 e. The maximum atomic E-state index is 12.7. The summed E-state index contributed by atoms with van der Waals surface area (Å²) in [4.78, 5) is 25.4. The van der Waals surface area contributed by atoms with Crippen molar-refractivity contribution in [2.45, 2.75) is 57.0 Å². The number of hydrogen-bond donors (Lipinski definition) is 1. The Labute approximate surface area is 298 Å². The molecule has 11 heteroatoms. The van der Waals surface area contributed by atoms with Crippen LogP contribution >= 0.6 is 15.9 Å². The summed E-state index contributed by atoms with van der Waals surface area (Å²) < 4.78 is 34.2. The number of carbonyl (C=O) groups is 2. The Hall–Kier alpha value is -3.35. The number of nitrogens with zero attached hydrogens (tertiary/aromatic N) is 1. The van der Waals surface area contributed by atoms with E-state index in [0.29, 0.717) is 51.8 Å². The zero-order chi connectivity index (χ0) is 35.6. The van der Waals surface area contributed by atoms with Gasteiger partial charge in [-0.2, -0.15) is 0 Å². The lowest BCUT2D eigenvalue weighted by atomic mass is 9.83. The Bertz CT molecular complexity index is 1380. The van der Waals surface area contributed by atoms with Crippen LogP contribution in [0.3, 0.4) is 0 Å². The van der Waals surface area contributed by atoms with Gasteiger partial charge < -0.3 is 33.5 Å². The molecule has 10 nitrogen and oxygen atoms in total. The molecule has 0 aliphatic heterocycles. The fraction of sp³-hybridized carbons (Fsp3) is 0.500. The fourth-order valence-corrected chi connectivity index (χ4v) is 5.89. The first kappa shape index (κ1) is 40.1.